The van der Waals surface area contributed by atoms with E-state index in [1.165, 1.54) is 30.0 Å². The van der Waals surface area contributed by atoms with Crippen molar-refractivity contribution in [1.29, 1.82) is 0 Å². The van der Waals surface area contributed by atoms with Gasteiger partial charge in [0.2, 0.25) is 5.91 Å². The highest BCUT2D eigenvalue weighted by atomic mass is 19.1. The van der Waals surface area contributed by atoms with Crippen LogP contribution in [0.15, 0.2) is 48.5 Å². The van der Waals surface area contributed by atoms with E-state index < -0.39 is 0 Å². The van der Waals surface area contributed by atoms with Gasteiger partial charge >= 0.3 is 0 Å². The van der Waals surface area contributed by atoms with Crippen molar-refractivity contribution < 1.29 is 9.18 Å². The average Bonchev–Trinajstić information content (AvgIpc) is 3.55. The van der Waals surface area contributed by atoms with Crippen LogP contribution in [0.5, 0.6) is 0 Å². The molecule has 2 fully saturated rings. The van der Waals surface area contributed by atoms with Crippen molar-refractivity contribution in [2.45, 2.75) is 58.2 Å². The lowest BCUT2D eigenvalue weighted by atomic mass is 9.90. The Hall–Kier alpha value is -2.20. The van der Waals surface area contributed by atoms with Gasteiger partial charge in [-0.25, -0.2) is 4.39 Å². The molecule has 4 rings (SSSR count). The molecule has 1 saturated heterocycles. The summed E-state index contributed by atoms with van der Waals surface area (Å²) < 4.78 is 13.5. The lowest BCUT2D eigenvalue weighted by Crippen LogP contribution is -2.37. The Balaban J connectivity index is 1.32. The fourth-order valence-electron chi connectivity index (χ4n) is 4.42. The molecule has 29 heavy (non-hydrogen) atoms. The molecule has 0 bridgehead atoms. The SMILES string of the molecule is CC(=O)N1CCC(Cc2ccc(CN(Cc3cccc(F)c3)C3CC3)cc2)CC1. The van der Waals surface area contributed by atoms with Crippen LogP contribution in [0.4, 0.5) is 4.39 Å². The molecule has 1 saturated carbocycles. The van der Waals surface area contributed by atoms with Gasteiger partial charge in [-0.15, -0.1) is 0 Å². The minimum absolute atomic E-state index is 0.156. The minimum atomic E-state index is -0.156. The summed E-state index contributed by atoms with van der Waals surface area (Å²) in [6.45, 7) is 5.18. The van der Waals surface area contributed by atoms with Gasteiger partial charge in [0.15, 0.2) is 0 Å². The summed E-state index contributed by atoms with van der Waals surface area (Å²) in [4.78, 5) is 15.9. The molecule has 0 spiro atoms. The van der Waals surface area contributed by atoms with Crippen LogP contribution in [-0.2, 0) is 24.3 Å². The van der Waals surface area contributed by atoms with Crippen molar-refractivity contribution in [2.75, 3.05) is 13.1 Å². The quantitative estimate of drug-likeness (QED) is 0.674. The van der Waals surface area contributed by atoms with E-state index >= 15 is 0 Å². The molecule has 2 aliphatic rings. The van der Waals surface area contributed by atoms with Gasteiger partial charge in [-0.1, -0.05) is 36.4 Å². The molecule has 0 atom stereocenters. The molecular formula is C25H31FN2O. The predicted octanol–water partition coefficient (Wildman–Crippen LogP) is 4.79. The maximum Gasteiger partial charge on any atom is 0.219 e. The van der Waals surface area contributed by atoms with E-state index in [-0.39, 0.29) is 11.7 Å². The zero-order valence-electron chi connectivity index (χ0n) is 17.3. The monoisotopic (exact) mass is 394 g/mol. The van der Waals surface area contributed by atoms with Crippen molar-refractivity contribution in [1.82, 2.24) is 9.80 Å². The summed E-state index contributed by atoms with van der Waals surface area (Å²) in [6.07, 6.45) is 5.79. The Bertz CT molecular complexity index is 823. The molecule has 2 aromatic carbocycles. The summed E-state index contributed by atoms with van der Waals surface area (Å²) in [5.41, 5.74) is 3.76. The van der Waals surface area contributed by atoms with E-state index in [0.29, 0.717) is 12.0 Å². The van der Waals surface area contributed by atoms with Gasteiger partial charge in [-0.2, -0.15) is 0 Å². The van der Waals surface area contributed by atoms with Crippen LogP contribution < -0.4 is 0 Å². The summed E-state index contributed by atoms with van der Waals surface area (Å²) in [5.74, 6) is 0.718. The van der Waals surface area contributed by atoms with E-state index in [1.807, 2.05) is 11.0 Å². The van der Waals surface area contributed by atoms with Crippen LogP contribution in [0, 0.1) is 11.7 Å². The molecular weight excluding hydrogens is 363 g/mol. The maximum absolute atomic E-state index is 13.5. The van der Waals surface area contributed by atoms with Crippen LogP contribution >= 0.6 is 0 Å². The first-order valence-corrected chi connectivity index (χ1v) is 10.9. The Morgan fingerprint density at radius 2 is 1.62 bits per heavy atom. The van der Waals surface area contributed by atoms with Crippen LogP contribution in [0.2, 0.25) is 0 Å². The number of rotatable bonds is 7. The number of carbonyl (C=O) groups excluding carboxylic acids is 1. The number of halogens is 1. The number of amides is 1. The second kappa shape index (κ2) is 9.08. The standard InChI is InChI=1S/C25H31FN2O/c1-19(29)27-13-11-21(12-14-27)15-20-5-7-22(8-6-20)17-28(25-9-10-25)18-23-3-2-4-24(26)16-23/h2-8,16,21,25H,9-15,17-18H2,1H3. The summed E-state index contributed by atoms with van der Waals surface area (Å²) in [6, 6.07) is 16.6. The molecule has 0 aromatic heterocycles. The van der Waals surface area contributed by atoms with Crippen molar-refractivity contribution >= 4 is 5.91 Å². The normalized spacial score (nSPS) is 17.7. The Labute approximate surface area is 173 Å². The number of piperidine rings is 1. The fraction of sp³-hybridized carbons (Fsp3) is 0.480. The van der Waals surface area contributed by atoms with E-state index in [0.717, 1.165) is 51.0 Å². The van der Waals surface area contributed by atoms with Gasteiger partial charge < -0.3 is 4.90 Å². The highest BCUT2D eigenvalue weighted by Crippen LogP contribution is 2.30. The Morgan fingerprint density at radius 1 is 0.966 bits per heavy atom. The first kappa shape index (κ1) is 20.1. The van der Waals surface area contributed by atoms with E-state index in [1.54, 1.807) is 19.1 Å². The molecule has 4 heteroatoms. The second-order valence-corrected chi connectivity index (χ2v) is 8.74. The smallest absolute Gasteiger partial charge is 0.219 e. The zero-order valence-corrected chi connectivity index (χ0v) is 17.3. The number of benzene rings is 2. The summed E-state index contributed by atoms with van der Waals surface area (Å²) in [5, 5.41) is 0. The first-order valence-electron chi connectivity index (χ1n) is 10.9. The summed E-state index contributed by atoms with van der Waals surface area (Å²) >= 11 is 0. The number of carbonyl (C=O) groups is 1. The van der Waals surface area contributed by atoms with E-state index in [4.69, 9.17) is 0 Å². The van der Waals surface area contributed by atoms with Gasteiger partial charge in [-0.05, 0) is 66.8 Å². The number of hydrogen-bond acceptors (Lipinski definition) is 2. The molecule has 2 aromatic rings. The molecule has 1 heterocycles. The first-order chi connectivity index (χ1) is 14.1. The molecule has 0 N–H and O–H groups in total. The van der Waals surface area contributed by atoms with Gasteiger partial charge in [0.05, 0.1) is 0 Å². The maximum atomic E-state index is 13.5. The summed E-state index contributed by atoms with van der Waals surface area (Å²) in [7, 11) is 0. The van der Waals surface area contributed by atoms with Gasteiger partial charge in [0.25, 0.3) is 0 Å². The Morgan fingerprint density at radius 3 is 2.24 bits per heavy atom. The van der Waals surface area contributed by atoms with Crippen LogP contribution in [0.3, 0.4) is 0 Å². The van der Waals surface area contributed by atoms with E-state index in [2.05, 4.69) is 29.2 Å². The van der Waals surface area contributed by atoms with Crippen molar-refractivity contribution in [3.05, 3.63) is 71.0 Å². The lowest BCUT2D eigenvalue weighted by Gasteiger charge is -2.31. The van der Waals surface area contributed by atoms with Crippen LogP contribution in [0.25, 0.3) is 0 Å². The number of hydrogen-bond donors (Lipinski definition) is 0. The van der Waals surface area contributed by atoms with Crippen molar-refractivity contribution in [2.24, 2.45) is 5.92 Å². The largest absolute Gasteiger partial charge is 0.343 e. The third-order valence-electron chi connectivity index (χ3n) is 6.33. The minimum Gasteiger partial charge on any atom is -0.343 e. The van der Waals surface area contributed by atoms with Crippen LogP contribution in [0.1, 0.15) is 49.3 Å². The molecule has 1 amide bonds. The van der Waals surface area contributed by atoms with Gasteiger partial charge in [-0.3, -0.25) is 9.69 Å². The molecule has 154 valence electrons. The topological polar surface area (TPSA) is 23.6 Å². The predicted molar refractivity (Wildman–Crippen MR) is 114 cm³/mol. The third-order valence-corrected chi connectivity index (χ3v) is 6.33. The molecule has 1 aliphatic carbocycles. The van der Waals surface area contributed by atoms with Crippen molar-refractivity contribution in [3.63, 3.8) is 0 Å². The number of nitrogens with zero attached hydrogens (tertiary/aromatic N) is 2. The van der Waals surface area contributed by atoms with Crippen LogP contribution in [-0.4, -0.2) is 34.8 Å². The number of likely N-dealkylation sites (tertiary alicyclic amines) is 1. The lowest BCUT2D eigenvalue weighted by molar-refractivity contribution is -0.130. The van der Waals surface area contributed by atoms with Gasteiger partial charge in [0.1, 0.15) is 5.82 Å². The zero-order chi connectivity index (χ0) is 20.2. The molecule has 1 aliphatic heterocycles. The third kappa shape index (κ3) is 5.66. The fourth-order valence-corrected chi connectivity index (χ4v) is 4.42. The van der Waals surface area contributed by atoms with Gasteiger partial charge in [0, 0.05) is 39.1 Å². The second-order valence-electron chi connectivity index (χ2n) is 8.74. The molecule has 0 unspecified atom stereocenters. The highest BCUT2D eigenvalue weighted by molar-refractivity contribution is 5.73. The highest BCUT2D eigenvalue weighted by Gasteiger charge is 2.29. The Kier molecular flexibility index (Phi) is 6.29. The van der Waals surface area contributed by atoms with E-state index in [9.17, 15) is 9.18 Å². The molecule has 0 radical (unpaired) electrons. The molecule has 3 nitrogen and oxygen atoms in total. The average molecular weight is 395 g/mol. The van der Waals surface area contributed by atoms with Crippen molar-refractivity contribution in [3.8, 4) is 0 Å².